The van der Waals surface area contributed by atoms with Gasteiger partial charge in [-0.25, -0.2) is 4.98 Å². The molecule has 0 saturated carbocycles. The molecule has 0 amide bonds. The molecule has 6 nitrogen and oxygen atoms in total. The van der Waals surface area contributed by atoms with Gasteiger partial charge in [0.15, 0.2) is 0 Å². The Bertz CT molecular complexity index is 460. The quantitative estimate of drug-likeness (QED) is 0.798. The van der Waals surface area contributed by atoms with Crippen molar-refractivity contribution in [2.75, 3.05) is 59.1 Å². The number of pyridine rings is 1. The molecular weight excluding hydrogens is 306 g/mol. The second-order valence-corrected chi connectivity index (χ2v) is 6.79. The van der Waals surface area contributed by atoms with Crippen LogP contribution in [0, 0.1) is 5.92 Å². The van der Waals surface area contributed by atoms with Crippen LogP contribution in [-0.2, 0) is 4.74 Å². The second-order valence-electron chi connectivity index (χ2n) is 6.79. The number of piperidine rings is 1. The molecule has 6 heteroatoms. The Morgan fingerprint density at radius 3 is 2.50 bits per heavy atom. The molecule has 24 heavy (non-hydrogen) atoms. The SMILES string of the molecule is OC(CN1CCOCC1)CN1CCC(COc2ccccn2)CC1. The molecule has 0 spiro atoms. The summed E-state index contributed by atoms with van der Waals surface area (Å²) in [7, 11) is 0. The van der Waals surface area contributed by atoms with Gasteiger partial charge in [0.1, 0.15) is 0 Å². The lowest BCUT2D eigenvalue weighted by atomic mass is 9.97. The highest BCUT2D eigenvalue weighted by molar-refractivity contribution is 5.09. The van der Waals surface area contributed by atoms with Crippen molar-refractivity contribution in [2.45, 2.75) is 18.9 Å². The maximum absolute atomic E-state index is 10.3. The van der Waals surface area contributed by atoms with E-state index in [4.69, 9.17) is 9.47 Å². The molecule has 2 saturated heterocycles. The molecule has 0 aromatic carbocycles. The minimum atomic E-state index is -0.274. The van der Waals surface area contributed by atoms with Crippen LogP contribution in [-0.4, -0.2) is 85.1 Å². The zero-order valence-corrected chi connectivity index (χ0v) is 14.3. The Kier molecular flexibility index (Phi) is 6.84. The molecule has 3 rings (SSSR count). The summed E-state index contributed by atoms with van der Waals surface area (Å²) >= 11 is 0. The Balaban J connectivity index is 1.31. The van der Waals surface area contributed by atoms with Crippen LogP contribution in [0.2, 0.25) is 0 Å². The topological polar surface area (TPSA) is 58.1 Å². The Morgan fingerprint density at radius 1 is 1.12 bits per heavy atom. The Hall–Kier alpha value is -1.21. The van der Waals surface area contributed by atoms with E-state index < -0.39 is 0 Å². The summed E-state index contributed by atoms with van der Waals surface area (Å²) in [6.45, 7) is 7.78. The van der Waals surface area contributed by atoms with Gasteiger partial charge in [0, 0.05) is 38.4 Å². The molecule has 0 radical (unpaired) electrons. The van der Waals surface area contributed by atoms with Crippen molar-refractivity contribution in [3.8, 4) is 5.88 Å². The molecule has 2 aliphatic rings. The molecule has 0 bridgehead atoms. The van der Waals surface area contributed by atoms with Crippen molar-refractivity contribution in [3.63, 3.8) is 0 Å². The Morgan fingerprint density at radius 2 is 1.83 bits per heavy atom. The second kappa shape index (κ2) is 9.32. The minimum Gasteiger partial charge on any atom is -0.477 e. The van der Waals surface area contributed by atoms with Gasteiger partial charge in [0.25, 0.3) is 0 Å². The van der Waals surface area contributed by atoms with Gasteiger partial charge in [-0.15, -0.1) is 0 Å². The lowest BCUT2D eigenvalue weighted by molar-refractivity contribution is 0.00340. The molecule has 2 fully saturated rings. The summed E-state index contributed by atoms with van der Waals surface area (Å²) in [5, 5.41) is 10.3. The molecule has 0 aliphatic carbocycles. The van der Waals surface area contributed by atoms with Gasteiger partial charge in [0.2, 0.25) is 5.88 Å². The highest BCUT2D eigenvalue weighted by Crippen LogP contribution is 2.19. The molecule has 134 valence electrons. The first-order chi connectivity index (χ1) is 11.8. The zero-order valence-electron chi connectivity index (χ0n) is 14.3. The number of morpholine rings is 1. The lowest BCUT2D eigenvalue weighted by Gasteiger charge is -2.34. The third-order valence-electron chi connectivity index (χ3n) is 4.85. The van der Waals surface area contributed by atoms with Crippen molar-refractivity contribution in [1.82, 2.24) is 14.8 Å². The number of rotatable bonds is 7. The van der Waals surface area contributed by atoms with Crippen LogP contribution in [0.5, 0.6) is 5.88 Å². The van der Waals surface area contributed by atoms with Crippen LogP contribution in [0.4, 0.5) is 0 Å². The van der Waals surface area contributed by atoms with E-state index in [-0.39, 0.29) is 6.10 Å². The van der Waals surface area contributed by atoms with E-state index in [1.807, 2.05) is 18.2 Å². The van der Waals surface area contributed by atoms with E-state index in [0.29, 0.717) is 11.8 Å². The average molecular weight is 335 g/mol. The fourth-order valence-electron chi connectivity index (χ4n) is 3.41. The molecule has 3 heterocycles. The Labute approximate surface area is 144 Å². The number of aliphatic hydroxyl groups is 1. The number of aliphatic hydroxyl groups excluding tert-OH is 1. The predicted molar refractivity (Wildman–Crippen MR) is 92.2 cm³/mol. The van der Waals surface area contributed by atoms with E-state index in [0.717, 1.165) is 71.9 Å². The number of nitrogens with zero attached hydrogens (tertiary/aromatic N) is 3. The standard InChI is InChI=1S/C18H29N3O3/c22-17(14-21-9-11-23-12-10-21)13-20-7-4-16(5-8-20)15-24-18-3-1-2-6-19-18/h1-3,6,16-17,22H,4-5,7-15H2. The van der Waals surface area contributed by atoms with Gasteiger partial charge in [-0.05, 0) is 37.9 Å². The third-order valence-corrected chi connectivity index (χ3v) is 4.85. The van der Waals surface area contributed by atoms with Gasteiger partial charge >= 0.3 is 0 Å². The maximum atomic E-state index is 10.3. The average Bonchev–Trinajstić information content (AvgIpc) is 2.63. The summed E-state index contributed by atoms with van der Waals surface area (Å²) in [5.41, 5.74) is 0. The van der Waals surface area contributed by atoms with Crippen molar-refractivity contribution >= 4 is 0 Å². The van der Waals surface area contributed by atoms with Crippen LogP contribution < -0.4 is 4.74 Å². The number of β-amino-alcohol motifs (C(OH)–C–C–N with tert-alkyl or cyclic N) is 1. The van der Waals surface area contributed by atoms with Crippen LogP contribution in [0.3, 0.4) is 0 Å². The first-order valence-corrected chi connectivity index (χ1v) is 9.04. The van der Waals surface area contributed by atoms with E-state index >= 15 is 0 Å². The number of ether oxygens (including phenoxy) is 2. The summed E-state index contributed by atoms with van der Waals surface area (Å²) in [5.74, 6) is 1.29. The first kappa shape index (κ1) is 17.6. The van der Waals surface area contributed by atoms with Gasteiger partial charge < -0.3 is 19.5 Å². The van der Waals surface area contributed by atoms with E-state index in [9.17, 15) is 5.11 Å². The van der Waals surface area contributed by atoms with Crippen molar-refractivity contribution in [3.05, 3.63) is 24.4 Å². The largest absolute Gasteiger partial charge is 0.477 e. The fraction of sp³-hybridized carbons (Fsp3) is 0.722. The highest BCUT2D eigenvalue weighted by Gasteiger charge is 2.23. The van der Waals surface area contributed by atoms with Crippen LogP contribution in [0.15, 0.2) is 24.4 Å². The summed E-state index contributed by atoms with van der Waals surface area (Å²) in [4.78, 5) is 8.86. The molecule has 1 N–H and O–H groups in total. The molecule has 2 aliphatic heterocycles. The first-order valence-electron chi connectivity index (χ1n) is 9.04. The van der Waals surface area contributed by atoms with Crippen molar-refractivity contribution in [1.29, 1.82) is 0 Å². The van der Waals surface area contributed by atoms with E-state index in [2.05, 4.69) is 14.8 Å². The van der Waals surface area contributed by atoms with Gasteiger partial charge in [-0.3, -0.25) is 4.90 Å². The summed E-state index contributed by atoms with van der Waals surface area (Å²) in [6.07, 6.45) is 3.73. The predicted octanol–water partition coefficient (Wildman–Crippen LogP) is 0.866. The van der Waals surface area contributed by atoms with Crippen molar-refractivity contribution < 1.29 is 14.6 Å². The van der Waals surface area contributed by atoms with Gasteiger partial charge in [-0.2, -0.15) is 0 Å². The fourth-order valence-corrected chi connectivity index (χ4v) is 3.41. The van der Waals surface area contributed by atoms with Crippen LogP contribution in [0.1, 0.15) is 12.8 Å². The number of hydrogen-bond acceptors (Lipinski definition) is 6. The summed E-state index contributed by atoms with van der Waals surface area (Å²) in [6, 6.07) is 5.74. The monoisotopic (exact) mass is 335 g/mol. The molecular formula is C18H29N3O3. The number of hydrogen-bond donors (Lipinski definition) is 1. The highest BCUT2D eigenvalue weighted by atomic mass is 16.5. The maximum Gasteiger partial charge on any atom is 0.213 e. The van der Waals surface area contributed by atoms with E-state index in [1.54, 1.807) is 6.20 Å². The smallest absolute Gasteiger partial charge is 0.213 e. The molecule has 1 unspecified atom stereocenters. The van der Waals surface area contributed by atoms with Crippen molar-refractivity contribution in [2.24, 2.45) is 5.92 Å². The molecule has 1 aromatic heterocycles. The van der Waals surface area contributed by atoms with Crippen LogP contribution >= 0.6 is 0 Å². The summed E-state index contributed by atoms with van der Waals surface area (Å²) < 4.78 is 11.1. The third kappa shape index (κ3) is 5.70. The van der Waals surface area contributed by atoms with Gasteiger partial charge in [0.05, 0.1) is 25.9 Å². The van der Waals surface area contributed by atoms with E-state index in [1.165, 1.54) is 0 Å². The normalized spacial score (nSPS) is 22.4. The zero-order chi connectivity index (χ0) is 16.6. The number of likely N-dealkylation sites (tertiary alicyclic amines) is 1. The minimum absolute atomic E-state index is 0.274. The number of aromatic nitrogens is 1. The van der Waals surface area contributed by atoms with Gasteiger partial charge in [-0.1, -0.05) is 6.07 Å². The molecule has 1 atom stereocenters. The van der Waals surface area contributed by atoms with Crippen LogP contribution in [0.25, 0.3) is 0 Å². The lowest BCUT2D eigenvalue weighted by Crippen LogP contribution is -2.46. The molecule has 1 aromatic rings.